The van der Waals surface area contributed by atoms with Crippen molar-refractivity contribution < 1.29 is 14.3 Å². The number of benzene rings is 1. The van der Waals surface area contributed by atoms with Crippen LogP contribution in [-0.4, -0.2) is 54.1 Å². The smallest absolute Gasteiger partial charge is 0.410 e. The molecule has 5 heteroatoms. The van der Waals surface area contributed by atoms with Gasteiger partial charge in [0.25, 0.3) is 0 Å². The lowest BCUT2D eigenvalue weighted by Crippen LogP contribution is -2.54. The lowest BCUT2D eigenvalue weighted by Gasteiger charge is -2.35. The van der Waals surface area contributed by atoms with Crippen LogP contribution in [0.15, 0.2) is 18.2 Å². The Balaban J connectivity index is 1.66. The van der Waals surface area contributed by atoms with Crippen molar-refractivity contribution >= 4 is 12.0 Å². The van der Waals surface area contributed by atoms with Crippen molar-refractivity contribution in [2.24, 2.45) is 0 Å². The summed E-state index contributed by atoms with van der Waals surface area (Å²) >= 11 is 0. The second-order valence-corrected chi connectivity index (χ2v) is 5.87. The van der Waals surface area contributed by atoms with Crippen LogP contribution in [0.3, 0.4) is 0 Å². The molecule has 2 heterocycles. The van der Waals surface area contributed by atoms with Crippen LogP contribution in [0.2, 0.25) is 0 Å². The van der Waals surface area contributed by atoms with Gasteiger partial charge in [0.2, 0.25) is 5.91 Å². The highest BCUT2D eigenvalue weighted by molar-refractivity contribution is 5.80. The minimum atomic E-state index is -0.248. The van der Waals surface area contributed by atoms with E-state index in [1.165, 1.54) is 5.56 Å². The number of nitrogens with zero attached hydrogens (tertiary/aromatic N) is 2. The second-order valence-electron chi connectivity index (χ2n) is 5.87. The van der Waals surface area contributed by atoms with Crippen LogP contribution >= 0.6 is 0 Å². The molecule has 2 aliphatic heterocycles. The third-order valence-corrected chi connectivity index (χ3v) is 4.32. The summed E-state index contributed by atoms with van der Waals surface area (Å²) in [5.74, 6) is 0.127. The van der Waals surface area contributed by atoms with Crippen molar-refractivity contribution in [3.05, 3.63) is 34.9 Å². The molecular weight excluding hydrogens is 268 g/mol. The second kappa shape index (κ2) is 5.39. The van der Waals surface area contributed by atoms with E-state index in [0.717, 1.165) is 11.1 Å². The van der Waals surface area contributed by atoms with Gasteiger partial charge in [-0.15, -0.1) is 0 Å². The molecule has 5 nitrogen and oxygen atoms in total. The molecule has 0 aromatic heterocycles. The highest BCUT2D eigenvalue weighted by Crippen LogP contribution is 2.19. The first kappa shape index (κ1) is 13.9. The van der Waals surface area contributed by atoms with Gasteiger partial charge in [-0.2, -0.15) is 0 Å². The van der Waals surface area contributed by atoms with E-state index in [2.05, 4.69) is 18.2 Å². The number of ether oxygens (including phenoxy) is 1. The largest absolute Gasteiger partial charge is 0.447 e. The van der Waals surface area contributed by atoms with Gasteiger partial charge in [-0.1, -0.05) is 23.8 Å². The van der Waals surface area contributed by atoms with Crippen LogP contribution in [0, 0.1) is 13.8 Å². The van der Waals surface area contributed by atoms with Crippen molar-refractivity contribution in [3.8, 4) is 0 Å². The topological polar surface area (TPSA) is 49.9 Å². The van der Waals surface area contributed by atoms with Gasteiger partial charge in [0.15, 0.2) is 0 Å². The standard InChI is InChI=1S/C16H20N2O3/c1-11-3-4-12(2)13(7-11)8-15(19)17-5-6-18-14(9-17)10-21-16(18)20/h3-4,7,14H,5-6,8-10H2,1-2H3. The third-order valence-electron chi connectivity index (χ3n) is 4.32. The highest BCUT2D eigenvalue weighted by Gasteiger charge is 2.38. The van der Waals surface area contributed by atoms with Crippen LogP contribution in [0.25, 0.3) is 0 Å². The molecule has 1 unspecified atom stereocenters. The van der Waals surface area contributed by atoms with E-state index in [1.54, 1.807) is 4.90 Å². The quantitative estimate of drug-likeness (QED) is 0.829. The summed E-state index contributed by atoms with van der Waals surface area (Å²) in [6.07, 6.45) is 0.177. The summed E-state index contributed by atoms with van der Waals surface area (Å²) in [4.78, 5) is 27.5. The molecule has 0 N–H and O–H groups in total. The van der Waals surface area contributed by atoms with Crippen molar-refractivity contribution in [2.75, 3.05) is 26.2 Å². The van der Waals surface area contributed by atoms with Crippen LogP contribution in [-0.2, 0) is 16.0 Å². The fourth-order valence-corrected chi connectivity index (χ4v) is 2.98. The summed E-state index contributed by atoms with van der Waals surface area (Å²) in [6.45, 7) is 6.20. The van der Waals surface area contributed by atoms with Gasteiger partial charge in [-0.05, 0) is 25.0 Å². The van der Waals surface area contributed by atoms with Crippen molar-refractivity contribution in [1.29, 1.82) is 0 Å². The van der Waals surface area contributed by atoms with E-state index in [1.807, 2.05) is 18.7 Å². The Morgan fingerprint density at radius 3 is 2.95 bits per heavy atom. The van der Waals surface area contributed by atoms with Crippen LogP contribution in [0.4, 0.5) is 4.79 Å². The Kier molecular flexibility index (Phi) is 3.57. The SMILES string of the molecule is Cc1ccc(C)c(CC(=O)N2CCN3C(=O)OCC3C2)c1. The number of piperazine rings is 1. The van der Waals surface area contributed by atoms with E-state index >= 15 is 0 Å². The van der Waals surface area contributed by atoms with Crippen molar-refractivity contribution in [3.63, 3.8) is 0 Å². The molecule has 0 saturated carbocycles. The molecule has 3 rings (SSSR count). The molecule has 0 aliphatic carbocycles. The maximum absolute atomic E-state index is 12.5. The van der Waals surface area contributed by atoms with E-state index in [0.29, 0.717) is 32.7 Å². The molecule has 112 valence electrons. The number of aryl methyl sites for hydroxylation is 2. The van der Waals surface area contributed by atoms with Gasteiger partial charge >= 0.3 is 6.09 Å². The van der Waals surface area contributed by atoms with Crippen LogP contribution in [0.1, 0.15) is 16.7 Å². The third kappa shape index (κ3) is 2.73. The summed E-state index contributed by atoms with van der Waals surface area (Å²) in [5, 5.41) is 0. The number of hydrogen-bond donors (Lipinski definition) is 0. The molecule has 2 fully saturated rings. The molecular formula is C16H20N2O3. The normalized spacial score (nSPS) is 21.2. The Bertz CT molecular complexity index is 585. The highest BCUT2D eigenvalue weighted by atomic mass is 16.6. The molecule has 0 spiro atoms. The predicted molar refractivity (Wildman–Crippen MR) is 78.0 cm³/mol. The van der Waals surface area contributed by atoms with E-state index < -0.39 is 0 Å². The fourth-order valence-electron chi connectivity index (χ4n) is 2.98. The molecule has 2 amide bonds. The monoisotopic (exact) mass is 288 g/mol. The Morgan fingerprint density at radius 2 is 2.14 bits per heavy atom. The number of rotatable bonds is 2. The molecule has 0 radical (unpaired) electrons. The number of carbonyl (C=O) groups is 2. The lowest BCUT2D eigenvalue weighted by molar-refractivity contribution is -0.132. The van der Waals surface area contributed by atoms with E-state index in [9.17, 15) is 9.59 Å². The van der Waals surface area contributed by atoms with Gasteiger partial charge < -0.3 is 9.64 Å². The van der Waals surface area contributed by atoms with Gasteiger partial charge in [0.1, 0.15) is 6.61 Å². The van der Waals surface area contributed by atoms with E-state index in [4.69, 9.17) is 4.74 Å². The number of amides is 2. The van der Waals surface area contributed by atoms with Gasteiger partial charge in [-0.3, -0.25) is 9.69 Å². The number of fused-ring (bicyclic) bond motifs is 1. The van der Waals surface area contributed by atoms with Gasteiger partial charge in [0, 0.05) is 19.6 Å². The molecule has 2 saturated heterocycles. The maximum Gasteiger partial charge on any atom is 0.410 e. The molecule has 2 aliphatic rings. The molecule has 0 bridgehead atoms. The number of carbonyl (C=O) groups excluding carboxylic acids is 2. The fraction of sp³-hybridized carbons (Fsp3) is 0.500. The first-order chi connectivity index (χ1) is 10.0. The summed E-state index contributed by atoms with van der Waals surface area (Å²) in [6, 6.07) is 6.21. The Labute approximate surface area is 124 Å². The zero-order valence-electron chi connectivity index (χ0n) is 12.5. The summed E-state index contributed by atoms with van der Waals surface area (Å²) in [7, 11) is 0. The van der Waals surface area contributed by atoms with Crippen molar-refractivity contribution in [1.82, 2.24) is 9.80 Å². The summed E-state index contributed by atoms with van der Waals surface area (Å²) < 4.78 is 5.03. The zero-order chi connectivity index (χ0) is 15.0. The molecule has 1 aromatic rings. The molecule has 1 aromatic carbocycles. The van der Waals surface area contributed by atoms with Gasteiger partial charge in [-0.25, -0.2) is 4.79 Å². The van der Waals surface area contributed by atoms with Crippen LogP contribution < -0.4 is 0 Å². The number of cyclic esters (lactones) is 1. The minimum Gasteiger partial charge on any atom is -0.447 e. The Hall–Kier alpha value is -2.04. The minimum absolute atomic E-state index is 0.0220. The zero-order valence-corrected chi connectivity index (χ0v) is 12.5. The Morgan fingerprint density at radius 1 is 1.33 bits per heavy atom. The van der Waals surface area contributed by atoms with Gasteiger partial charge in [0.05, 0.1) is 12.5 Å². The summed E-state index contributed by atoms with van der Waals surface area (Å²) in [5.41, 5.74) is 3.40. The first-order valence-corrected chi connectivity index (χ1v) is 7.32. The average Bonchev–Trinajstić information content (AvgIpc) is 2.84. The first-order valence-electron chi connectivity index (χ1n) is 7.32. The van der Waals surface area contributed by atoms with Crippen molar-refractivity contribution in [2.45, 2.75) is 26.3 Å². The van der Waals surface area contributed by atoms with E-state index in [-0.39, 0.29) is 18.0 Å². The lowest BCUT2D eigenvalue weighted by atomic mass is 10.0. The van der Waals surface area contributed by atoms with Crippen LogP contribution in [0.5, 0.6) is 0 Å². The molecule has 1 atom stereocenters. The predicted octanol–water partition coefficient (Wildman–Crippen LogP) is 1.51. The average molecular weight is 288 g/mol. The maximum atomic E-state index is 12.5. The molecule has 21 heavy (non-hydrogen) atoms. The number of hydrogen-bond acceptors (Lipinski definition) is 3.